The van der Waals surface area contributed by atoms with Crippen molar-refractivity contribution in [3.05, 3.63) is 59.9 Å². The standard InChI is InChI=1S/C17H18I2N4O/c18-7-11-23(12-8-19)16-3-1-14(2-4-16)13-21-22-17(24)15-5-9-20-10-6-15/h1-6,9-10,13H,7-8,11-12H2,(H,22,24)/b21-13+. The van der Waals surface area contributed by atoms with E-state index in [1.165, 1.54) is 5.69 Å². The molecular weight excluding hydrogens is 530 g/mol. The third-order valence-electron chi connectivity index (χ3n) is 3.29. The molecule has 0 spiro atoms. The van der Waals surface area contributed by atoms with Gasteiger partial charge in [0.05, 0.1) is 6.21 Å². The number of amides is 1. The van der Waals surface area contributed by atoms with Gasteiger partial charge in [0, 0.05) is 45.6 Å². The molecule has 0 unspecified atom stereocenters. The first-order valence-electron chi connectivity index (χ1n) is 7.45. The zero-order valence-corrected chi connectivity index (χ0v) is 17.3. The number of nitrogens with one attached hydrogen (secondary N) is 1. The fourth-order valence-electron chi connectivity index (χ4n) is 2.08. The number of anilines is 1. The summed E-state index contributed by atoms with van der Waals surface area (Å²) in [6, 6.07) is 11.5. The quantitative estimate of drug-likeness (QED) is 0.238. The van der Waals surface area contributed by atoms with Gasteiger partial charge in [0.2, 0.25) is 0 Å². The number of aromatic nitrogens is 1. The lowest BCUT2D eigenvalue weighted by atomic mass is 10.2. The van der Waals surface area contributed by atoms with Gasteiger partial charge in [-0.15, -0.1) is 0 Å². The minimum Gasteiger partial charge on any atom is -0.370 e. The highest BCUT2D eigenvalue weighted by molar-refractivity contribution is 14.1. The van der Waals surface area contributed by atoms with Crippen LogP contribution in [0.15, 0.2) is 53.9 Å². The Bertz CT molecular complexity index is 656. The van der Waals surface area contributed by atoms with Crippen molar-refractivity contribution < 1.29 is 4.79 Å². The highest BCUT2D eigenvalue weighted by atomic mass is 127. The van der Waals surface area contributed by atoms with E-state index >= 15 is 0 Å². The molecule has 0 aliphatic rings. The van der Waals surface area contributed by atoms with Gasteiger partial charge in [0.1, 0.15) is 0 Å². The van der Waals surface area contributed by atoms with Crippen LogP contribution in [0.25, 0.3) is 0 Å². The molecule has 0 radical (unpaired) electrons. The van der Waals surface area contributed by atoms with Crippen molar-refractivity contribution in [3.63, 3.8) is 0 Å². The van der Waals surface area contributed by atoms with E-state index in [0.717, 1.165) is 27.5 Å². The third kappa shape index (κ3) is 6.00. The second-order valence-electron chi connectivity index (χ2n) is 4.89. The number of hydrogen-bond donors (Lipinski definition) is 1. The first-order valence-corrected chi connectivity index (χ1v) is 10.5. The maximum atomic E-state index is 11.9. The van der Waals surface area contributed by atoms with E-state index in [-0.39, 0.29) is 5.91 Å². The van der Waals surface area contributed by atoms with Crippen LogP contribution in [-0.2, 0) is 0 Å². The summed E-state index contributed by atoms with van der Waals surface area (Å²) >= 11 is 4.79. The van der Waals surface area contributed by atoms with Crippen molar-refractivity contribution in [2.75, 3.05) is 26.8 Å². The molecule has 0 fully saturated rings. The van der Waals surface area contributed by atoms with Crippen LogP contribution in [0.1, 0.15) is 15.9 Å². The Morgan fingerprint density at radius 1 is 1.08 bits per heavy atom. The monoisotopic (exact) mass is 548 g/mol. The van der Waals surface area contributed by atoms with Crippen molar-refractivity contribution in [2.24, 2.45) is 5.10 Å². The number of carbonyl (C=O) groups is 1. The summed E-state index contributed by atoms with van der Waals surface area (Å²) in [5, 5.41) is 4.00. The fraction of sp³-hybridized carbons (Fsp3) is 0.235. The summed E-state index contributed by atoms with van der Waals surface area (Å²) in [6.07, 6.45) is 4.80. The molecule has 0 aliphatic heterocycles. The number of alkyl halides is 2. The van der Waals surface area contributed by atoms with Gasteiger partial charge in [-0.05, 0) is 29.8 Å². The molecular formula is C17H18I2N4O. The van der Waals surface area contributed by atoms with Crippen LogP contribution < -0.4 is 10.3 Å². The van der Waals surface area contributed by atoms with Crippen LogP contribution in [0.2, 0.25) is 0 Å². The first-order chi connectivity index (χ1) is 11.7. The van der Waals surface area contributed by atoms with E-state index < -0.39 is 0 Å². The number of carbonyl (C=O) groups excluding carboxylic acids is 1. The first kappa shape index (κ1) is 19.1. The molecule has 5 nitrogen and oxygen atoms in total. The number of pyridine rings is 1. The van der Waals surface area contributed by atoms with Crippen LogP contribution >= 0.6 is 45.2 Å². The van der Waals surface area contributed by atoms with Gasteiger partial charge < -0.3 is 4.90 Å². The van der Waals surface area contributed by atoms with Crippen LogP contribution in [-0.4, -0.2) is 39.1 Å². The van der Waals surface area contributed by atoms with E-state index in [0.29, 0.717) is 5.56 Å². The maximum Gasteiger partial charge on any atom is 0.271 e. The Morgan fingerprint density at radius 3 is 2.29 bits per heavy atom. The predicted molar refractivity (Wildman–Crippen MR) is 116 cm³/mol. The lowest BCUT2D eigenvalue weighted by molar-refractivity contribution is 0.0955. The molecule has 2 rings (SSSR count). The molecule has 0 saturated carbocycles. The minimum absolute atomic E-state index is 0.250. The van der Waals surface area contributed by atoms with E-state index in [4.69, 9.17) is 0 Å². The number of halogens is 2. The Labute approximate surface area is 169 Å². The molecule has 1 N–H and O–H groups in total. The Kier molecular flexibility index (Phi) is 8.43. The van der Waals surface area contributed by atoms with Crippen molar-refractivity contribution >= 4 is 63.0 Å². The lowest BCUT2D eigenvalue weighted by Gasteiger charge is -2.23. The maximum absolute atomic E-state index is 11.9. The van der Waals surface area contributed by atoms with Crippen molar-refractivity contribution in [1.29, 1.82) is 0 Å². The highest BCUT2D eigenvalue weighted by Gasteiger charge is 2.05. The molecule has 0 saturated heterocycles. The minimum atomic E-state index is -0.250. The van der Waals surface area contributed by atoms with E-state index in [9.17, 15) is 4.79 Å². The zero-order chi connectivity index (χ0) is 17.2. The second-order valence-corrected chi connectivity index (χ2v) is 7.05. The van der Waals surface area contributed by atoms with Crippen LogP contribution in [0.3, 0.4) is 0 Å². The van der Waals surface area contributed by atoms with Gasteiger partial charge >= 0.3 is 0 Å². The van der Waals surface area contributed by atoms with Gasteiger partial charge in [0.15, 0.2) is 0 Å². The summed E-state index contributed by atoms with van der Waals surface area (Å²) in [7, 11) is 0. The van der Waals surface area contributed by atoms with Gasteiger partial charge in [-0.2, -0.15) is 5.10 Å². The summed E-state index contributed by atoms with van der Waals surface area (Å²) in [5.74, 6) is -0.250. The van der Waals surface area contributed by atoms with E-state index in [2.05, 4.69) is 77.7 Å². The highest BCUT2D eigenvalue weighted by Crippen LogP contribution is 2.15. The van der Waals surface area contributed by atoms with E-state index in [1.807, 2.05) is 12.1 Å². The number of benzene rings is 1. The average molecular weight is 548 g/mol. The fourth-order valence-corrected chi connectivity index (χ4v) is 3.24. The summed E-state index contributed by atoms with van der Waals surface area (Å²) in [6.45, 7) is 2.08. The Morgan fingerprint density at radius 2 is 1.71 bits per heavy atom. The second kappa shape index (κ2) is 10.6. The summed E-state index contributed by atoms with van der Waals surface area (Å²) < 4.78 is 2.19. The largest absolute Gasteiger partial charge is 0.370 e. The molecule has 1 heterocycles. The molecule has 126 valence electrons. The SMILES string of the molecule is O=C(N/N=C/c1ccc(N(CCI)CCI)cc1)c1ccncc1. The summed E-state index contributed by atoms with van der Waals surface area (Å²) in [4.78, 5) is 18.1. The number of hydrazone groups is 1. The van der Waals surface area contributed by atoms with Crippen LogP contribution in [0.5, 0.6) is 0 Å². The Balaban J connectivity index is 1.94. The van der Waals surface area contributed by atoms with E-state index in [1.54, 1.807) is 30.7 Å². The van der Waals surface area contributed by atoms with Gasteiger partial charge in [0.25, 0.3) is 5.91 Å². The number of rotatable bonds is 8. The average Bonchev–Trinajstić information content (AvgIpc) is 2.63. The van der Waals surface area contributed by atoms with Gasteiger partial charge in [-0.1, -0.05) is 57.3 Å². The molecule has 0 aliphatic carbocycles. The topological polar surface area (TPSA) is 57.6 Å². The van der Waals surface area contributed by atoms with Gasteiger partial charge in [-0.3, -0.25) is 9.78 Å². The summed E-state index contributed by atoms with van der Waals surface area (Å²) in [5.41, 5.74) is 5.20. The number of nitrogens with zero attached hydrogens (tertiary/aromatic N) is 3. The lowest BCUT2D eigenvalue weighted by Crippen LogP contribution is -2.27. The molecule has 1 aromatic heterocycles. The Hall–Kier alpha value is -1.23. The van der Waals surface area contributed by atoms with Crippen molar-refractivity contribution in [3.8, 4) is 0 Å². The zero-order valence-electron chi connectivity index (χ0n) is 13.0. The molecule has 1 aromatic carbocycles. The van der Waals surface area contributed by atoms with Crippen LogP contribution in [0.4, 0.5) is 5.69 Å². The molecule has 24 heavy (non-hydrogen) atoms. The molecule has 1 amide bonds. The molecule has 2 aromatic rings. The molecule has 0 bridgehead atoms. The van der Waals surface area contributed by atoms with Crippen molar-refractivity contribution in [2.45, 2.75) is 0 Å². The van der Waals surface area contributed by atoms with Crippen LogP contribution in [0, 0.1) is 0 Å². The molecule has 0 atom stereocenters. The smallest absolute Gasteiger partial charge is 0.271 e. The number of hydrogen-bond acceptors (Lipinski definition) is 4. The predicted octanol–water partition coefficient (Wildman–Crippen LogP) is 3.52. The third-order valence-corrected chi connectivity index (χ3v) is 4.25. The van der Waals surface area contributed by atoms with Gasteiger partial charge in [-0.25, -0.2) is 5.43 Å². The normalized spacial score (nSPS) is 10.8. The molecule has 7 heteroatoms. The van der Waals surface area contributed by atoms with Crippen molar-refractivity contribution in [1.82, 2.24) is 10.4 Å².